The SMILES string of the molecule is CCCCCCCCCCCC(=O)N(CC)C(C)NCCCCOCC. The first-order valence-corrected chi connectivity index (χ1v) is 11.3. The van der Waals surface area contributed by atoms with Crippen molar-refractivity contribution in [3.05, 3.63) is 0 Å². The highest BCUT2D eigenvalue weighted by Gasteiger charge is 2.17. The molecule has 0 aromatic rings. The van der Waals surface area contributed by atoms with Gasteiger partial charge in [0.05, 0.1) is 6.17 Å². The van der Waals surface area contributed by atoms with E-state index in [9.17, 15) is 4.79 Å². The molecule has 0 spiro atoms. The van der Waals surface area contributed by atoms with Crippen LogP contribution in [-0.4, -0.2) is 43.3 Å². The van der Waals surface area contributed by atoms with Crippen LogP contribution in [0.2, 0.25) is 0 Å². The molecule has 0 aromatic heterocycles. The predicted molar refractivity (Wildman–Crippen MR) is 112 cm³/mol. The Hall–Kier alpha value is -0.610. The van der Waals surface area contributed by atoms with E-state index in [1.165, 1.54) is 51.4 Å². The Morgan fingerprint density at radius 2 is 1.50 bits per heavy atom. The van der Waals surface area contributed by atoms with Crippen LogP contribution < -0.4 is 5.32 Å². The van der Waals surface area contributed by atoms with Crippen LogP contribution >= 0.6 is 0 Å². The Morgan fingerprint density at radius 3 is 2.08 bits per heavy atom. The molecule has 0 saturated heterocycles. The maximum atomic E-state index is 12.5. The molecule has 4 heteroatoms. The average molecular weight is 371 g/mol. The molecular weight excluding hydrogens is 324 g/mol. The maximum absolute atomic E-state index is 12.5. The van der Waals surface area contributed by atoms with Crippen LogP contribution in [0.3, 0.4) is 0 Å². The number of amides is 1. The molecule has 0 fully saturated rings. The van der Waals surface area contributed by atoms with Crippen LogP contribution in [0.25, 0.3) is 0 Å². The molecule has 0 rings (SSSR count). The summed E-state index contributed by atoms with van der Waals surface area (Å²) < 4.78 is 5.35. The van der Waals surface area contributed by atoms with Gasteiger partial charge in [0.1, 0.15) is 0 Å². The lowest BCUT2D eigenvalue weighted by Crippen LogP contribution is -2.47. The Balaban J connectivity index is 3.71. The van der Waals surface area contributed by atoms with Gasteiger partial charge < -0.3 is 9.64 Å². The third kappa shape index (κ3) is 14.5. The van der Waals surface area contributed by atoms with E-state index < -0.39 is 0 Å². The molecule has 0 aliphatic rings. The van der Waals surface area contributed by atoms with Crippen molar-refractivity contribution in [1.82, 2.24) is 10.2 Å². The zero-order valence-electron chi connectivity index (χ0n) is 18.2. The minimum Gasteiger partial charge on any atom is -0.382 e. The summed E-state index contributed by atoms with van der Waals surface area (Å²) in [6.07, 6.45) is 14.6. The van der Waals surface area contributed by atoms with E-state index in [1.54, 1.807) is 0 Å². The Morgan fingerprint density at radius 1 is 0.885 bits per heavy atom. The lowest BCUT2D eigenvalue weighted by atomic mass is 10.1. The molecule has 0 bridgehead atoms. The summed E-state index contributed by atoms with van der Waals surface area (Å²) in [5.41, 5.74) is 0. The topological polar surface area (TPSA) is 41.6 Å². The highest BCUT2D eigenvalue weighted by molar-refractivity contribution is 5.76. The smallest absolute Gasteiger partial charge is 0.223 e. The summed E-state index contributed by atoms with van der Waals surface area (Å²) in [4.78, 5) is 14.4. The highest BCUT2D eigenvalue weighted by Crippen LogP contribution is 2.11. The molecule has 1 unspecified atom stereocenters. The zero-order valence-corrected chi connectivity index (χ0v) is 18.2. The molecule has 4 nitrogen and oxygen atoms in total. The fourth-order valence-corrected chi connectivity index (χ4v) is 3.29. The Bertz CT molecular complexity index is 311. The van der Waals surface area contributed by atoms with E-state index >= 15 is 0 Å². The van der Waals surface area contributed by atoms with Gasteiger partial charge in [0.25, 0.3) is 0 Å². The molecule has 1 amide bonds. The van der Waals surface area contributed by atoms with Crippen LogP contribution in [-0.2, 0) is 9.53 Å². The van der Waals surface area contributed by atoms with Crippen LogP contribution in [0.15, 0.2) is 0 Å². The summed E-state index contributed by atoms with van der Waals surface area (Å²) in [6, 6.07) is 0. The molecule has 0 radical (unpaired) electrons. The van der Waals surface area contributed by atoms with E-state index in [0.29, 0.717) is 12.3 Å². The van der Waals surface area contributed by atoms with E-state index in [4.69, 9.17) is 4.74 Å². The molecule has 0 aliphatic carbocycles. The maximum Gasteiger partial charge on any atom is 0.223 e. The molecule has 1 N–H and O–H groups in total. The van der Waals surface area contributed by atoms with Crippen molar-refractivity contribution in [3.63, 3.8) is 0 Å². The third-order valence-electron chi connectivity index (χ3n) is 4.98. The van der Waals surface area contributed by atoms with Gasteiger partial charge in [0, 0.05) is 26.2 Å². The van der Waals surface area contributed by atoms with Crippen LogP contribution in [0.5, 0.6) is 0 Å². The van der Waals surface area contributed by atoms with Crippen molar-refractivity contribution in [2.45, 2.75) is 111 Å². The molecular formula is C22H46N2O2. The second-order valence-electron chi connectivity index (χ2n) is 7.29. The second-order valence-corrected chi connectivity index (χ2v) is 7.29. The van der Waals surface area contributed by atoms with E-state index in [2.05, 4.69) is 26.1 Å². The van der Waals surface area contributed by atoms with Crippen LogP contribution in [0.4, 0.5) is 0 Å². The normalized spacial score (nSPS) is 12.3. The average Bonchev–Trinajstić information content (AvgIpc) is 2.63. The number of nitrogens with zero attached hydrogens (tertiary/aromatic N) is 1. The van der Waals surface area contributed by atoms with Gasteiger partial charge in [-0.05, 0) is 46.6 Å². The highest BCUT2D eigenvalue weighted by atomic mass is 16.5. The zero-order chi connectivity index (χ0) is 19.5. The van der Waals surface area contributed by atoms with Crippen molar-refractivity contribution in [1.29, 1.82) is 0 Å². The monoisotopic (exact) mass is 370 g/mol. The van der Waals surface area contributed by atoms with Gasteiger partial charge in [-0.3, -0.25) is 10.1 Å². The predicted octanol–water partition coefficient (Wildman–Crippen LogP) is 5.51. The third-order valence-corrected chi connectivity index (χ3v) is 4.98. The van der Waals surface area contributed by atoms with Crippen LogP contribution in [0, 0.1) is 0 Å². The Kier molecular flexibility index (Phi) is 18.7. The first-order chi connectivity index (χ1) is 12.7. The quantitative estimate of drug-likeness (QED) is 0.241. The number of ether oxygens (including phenoxy) is 1. The van der Waals surface area contributed by atoms with Gasteiger partial charge in [-0.1, -0.05) is 58.3 Å². The minimum absolute atomic E-state index is 0.123. The number of hydrogen-bond donors (Lipinski definition) is 1. The van der Waals surface area contributed by atoms with Crippen molar-refractivity contribution in [2.24, 2.45) is 0 Å². The van der Waals surface area contributed by atoms with Gasteiger partial charge in [0.15, 0.2) is 0 Å². The second kappa shape index (κ2) is 19.2. The number of carbonyl (C=O) groups is 1. The fraction of sp³-hybridized carbons (Fsp3) is 0.955. The largest absolute Gasteiger partial charge is 0.382 e. The Labute approximate surface area is 163 Å². The molecule has 0 heterocycles. The molecule has 0 saturated carbocycles. The first-order valence-electron chi connectivity index (χ1n) is 11.3. The van der Waals surface area contributed by atoms with Crippen molar-refractivity contribution in [3.8, 4) is 0 Å². The summed E-state index contributed by atoms with van der Waals surface area (Å²) in [5, 5.41) is 3.48. The van der Waals surface area contributed by atoms with Gasteiger partial charge in [0.2, 0.25) is 5.91 Å². The lowest BCUT2D eigenvalue weighted by molar-refractivity contribution is -0.133. The summed E-state index contributed by atoms with van der Waals surface area (Å²) in [6.45, 7) is 11.8. The van der Waals surface area contributed by atoms with Gasteiger partial charge in [-0.25, -0.2) is 0 Å². The van der Waals surface area contributed by atoms with Crippen molar-refractivity contribution in [2.75, 3.05) is 26.3 Å². The van der Waals surface area contributed by atoms with Gasteiger partial charge >= 0.3 is 0 Å². The number of hydrogen-bond acceptors (Lipinski definition) is 3. The van der Waals surface area contributed by atoms with Crippen LogP contribution in [0.1, 0.15) is 105 Å². The van der Waals surface area contributed by atoms with Crippen molar-refractivity contribution < 1.29 is 9.53 Å². The number of rotatable bonds is 19. The summed E-state index contributed by atoms with van der Waals surface area (Å²) >= 11 is 0. The molecule has 0 aliphatic heterocycles. The minimum atomic E-state index is 0.123. The lowest BCUT2D eigenvalue weighted by Gasteiger charge is -2.29. The molecule has 1 atom stereocenters. The number of nitrogens with one attached hydrogen (secondary N) is 1. The fourth-order valence-electron chi connectivity index (χ4n) is 3.29. The van der Waals surface area contributed by atoms with E-state index in [1.807, 2.05) is 11.8 Å². The number of unbranched alkanes of at least 4 members (excludes halogenated alkanes) is 9. The first kappa shape index (κ1) is 25.4. The summed E-state index contributed by atoms with van der Waals surface area (Å²) in [7, 11) is 0. The standard InChI is InChI=1S/C22H46N2O2/c1-5-8-9-10-11-12-13-14-15-18-22(25)24(6-2)21(4)23-19-16-17-20-26-7-3/h21,23H,5-20H2,1-4H3. The van der Waals surface area contributed by atoms with Crippen molar-refractivity contribution >= 4 is 5.91 Å². The van der Waals surface area contributed by atoms with Gasteiger partial charge in [-0.15, -0.1) is 0 Å². The molecule has 26 heavy (non-hydrogen) atoms. The van der Waals surface area contributed by atoms with E-state index in [-0.39, 0.29) is 6.17 Å². The number of carbonyl (C=O) groups excluding carboxylic acids is 1. The van der Waals surface area contributed by atoms with Gasteiger partial charge in [-0.2, -0.15) is 0 Å². The van der Waals surface area contributed by atoms with E-state index in [0.717, 1.165) is 45.6 Å². The summed E-state index contributed by atoms with van der Waals surface area (Å²) in [5.74, 6) is 0.296. The molecule has 156 valence electrons. The molecule has 0 aromatic carbocycles.